The van der Waals surface area contributed by atoms with Crippen LogP contribution in [0.3, 0.4) is 0 Å². The fraction of sp³-hybridized carbons (Fsp3) is 0.226. The van der Waals surface area contributed by atoms with Gasteiger partial charge in [0.05, 0.1) is 24.6 Å². The molecule has 1 saturated heterocycles. The van der Waals surface area contributed by atoms with Crippen molar-refractivity contribution in [2.75, 3.05) is 17.2 Å². The van der Waals surface area contributed by atoms with E-state index in [9.17, 15) is 18.8 Å². The zero-order valence-electron chi connectivity index (χ0n) is 23.5. The topological polar surface area (TPSA) is 138 Å². The molecule has 0 unspecified atom stereocenters. The molecule has 2 atom stereocenters. The van der Waals surface area contributed by atoms with Gasteiger partial charge in [0.15, 0.2) is 11.6 Å². The molecule has 0 radical (unpaired) electrons. The highest BCUT2D eigenvalue weighted by Crippen LogP contribution is 2.31. The van der Waals surface area contributed by atoms with E-state index in [-0.39, 0.29) is 25.3 Å². The van der Waals surface area contributed by atoms with Gasteiger partial charge in [-0.25, -0.2) is 14.4 Å². The molecule has 0 aliphatic carbocycles. The summed E-state index contributed by atoms with van der Waals surface area (Å²) >= 11 is 0. The number of carbonyl (C=O) groups is 3. The number of nitrogens with zero attached hydrogens (tertiary/aromatic N) is 5. The van der Waals surface area contributed by atoms with Crippen LogP contribution in [0.2, 0.25) is 0 Å². The van der Waals surface area contributed by atoms with Crippen LogP contribution in [0, 0.1) is 6.92 Å². The largest absolute Gasteiger partial charge is 0.353 e. The first kappa shape index (κ1) is 27.8. The molecule has 1 aliphatic rings. The number of fused-ring (bicyclic) bond motifs is 1. The maximum absolute atomic E-state index is 14.7. The van der Waals surface area contributed by atoms with Crippen molar-refractivity contribution in [3.8, 4) is 11.1 Å². The molecular formula is C31H29FN8O3. The summed E-state index contributed by atoms with van der Waals surface area (Å²) in [5, 5.41) is 13.8. The minimum atomic E-state index is -1.35. The molecular weight excluding hydrogens is 551 g/mol. The van der Waals surface area contributed by atoms with Gasteiger partial charge in [-0.3, -0.25) is 19.5 Å². The molecule has 6 rings (SSSR count). The standard InChI is InChI=1S/C31H29FN8O3/c1-18-29(20-6-4-3-5-7-20)30(38-37-18)36-31(43)27-10-21(32)14-40(27)28(42)16-39-15-25(19(2)41)24-11-22(8-9-26(24)39)35-23-12-33-17-34-13-23/h3-9,11-13,15,17,21,27,35H,10,14,16H2,1-2H3,(H2,36,37,38,43)/t21-,27+/m1/s1. The van der Waals surface area contributed by atoms with E-state index in [1.54, 1.807) is 29.2 Å². The molecule has 2 amide bonds. The monoisotopic (exact) mass is 580 g/mol. The van der Waals surface area contributed by atoms with Gasteiger partial charge in [-0.15, -0.1) is 0 Å². The summed E-state index contributed by atoms with van der Waals surface area (Å²) in [5.41, 5.74) is 4.85. The van der Waals surface area contributed by atoms with E-state index in [4.69, 9.17) is 0 Å². The average Bonchev–Trinajstić information content (AvgIpc) is 3.68. The number of nitrogens with one attached hydrogen (secondary N) is 3. The van der Waals surface area contributed by atoms with E-state index in [1.165, 1.54) is 18.2 Å². The minimum absolute atomic E-state index is 0.120. The molecule has 1 aliphatic heterocycles. The van der Waals surface area contributed by atoms with Gasteiger partial charge >= 0.3 is 0 Å². The fourth-order valence-corrected chi connectivity index (χ4v) is 5.54. The Kier molecular flexibility index (Phi) is 7.41. The molecule has 11 nitrogen and oxygen atoms in total. The third kappa shape index (κ3) is 5.59. The van der Waals surface area contributed by atoms with E-state index in [0.29, 0.717) is 33.7 Å². The van der Waals surface area contributed by atoms with Gasteiger partial charge in [0.2, 0.25) is 11.8 Å². The predicted molar refractivity (Wildman–Crippen MR) is 160 cm³/mol. The average molecular weight is 581 g/mol. The molecule has 0 saturated carbocycles. The zero-order chi connectivity index (χ0) is 30.1. The smallest absolute Gasteiger partial charge is 0.248 e. The van der Waals surface area contributed by atoms with Gasteiger partial charge in [0.1, 0.15) is 25.1 Å². The number of rotatable bonds is 8. The van der Waals surface area contributed by atoms with E-state index >= 15 is 0 Å². The van der Waals surface area contributed by atoms with Crippen molar-refractivity contribution in [1.29, 1.82) is 0 Å². The number of amides is 2. The van der Waals surface area contributed by atoms with E-state index in [2.05, 4.69) is 30.8 Å². The Morgan fingerprint density at radius 3 is 2.58 bits per heavy atom. The summed E-state index contributed by atoms with van der Waals surface area (Å²) in [6.45, 7) is 2.94. The summed E-state index contributed by atoms with van der Waals surface area (Å²) in [7, 11) is 0. The number of ketones is 1. The van der Waals surface area contributed by atoms with Crippen molar-refractivity contribution in [2.45, 2.75) is 39.0 Å². The number of halogens is 1. The minimum Gasteiger partial charge on any atom is -0.353 e. The first-order valence-electron chi connectivity index (χ1n) is 13.8. The van der Waals surface area contributed by atoms with Crippen molar-refractivity contribution in [3.63, 3.8) is 0 Å². The van der Waals surface area contributed by atoms with Gasteiger partial charge in [-0.05, 0) is 37.6 Å². The quantitative estimate of drug-likeness (QED) is 0.227. The molecule has 43 heavy (non-hydrogen) atoms. The first-order chi connectivity index (χ1) is 20.8. The maximum atomic E-state index is 14.7. The molecule has 3 N–H and O–H groups in total. The van der Waals surface area contributed by atoms with Crippen LogP contribution < -0.4 is 10.6 Å². The highest BCUT2D eigenvalue weighted by molar-refractivity contribution is 6.08. The Bertz CT molecular complexity index is 1820. The highest BCUT2D eigenvalue weighted by atomic mass is 19.1. The normalized spacial score (nSPS) is 16.4. The zero-order valence-corrected chi connectivity index (χ0v) is 23.5. The van der Waals surface area contributed by atoms with E-state index < -0.39 is 24.0 Å². The Morgan fingerprint density at radius 1 is 1.07 bits per heavy atom. The number of aromatic nitrogens is 5. The predicted octanol–water partition coefficient (Wildman–Crippen LogP) is 4.65. The van der Waals surface area contributed by atoms with Crippen molar-refractivity contribution < 1.29 is 18.8 Å². The van der Waals surface area contributed by atoms with Crippen LogP contribution in [0.5, 0.6) is 0 Å². The first-order valence-corrected chi connectivity index (χ1v) is 13.8. The lowest BCUT2D eigenvalue weighted by atomic mass is 10.1. The Labute approximate surface area is 246 Å². The van der Waals surface area contributed by atoms with E-state index in [0.717, 1.165) is 16.8 Å². The number of hydrogen-bond acceptors (Lipinski definition) is 7. The van der Waals surface area contributed by atoms with Crippen molar-refractivity contribution in [1.82, 2.24) is 29.6 Å². The number of H-pyrrole nitrogens is 1. The van der Waals surface area contributed by atoms with Crippen LogP contribution in [0.1, 0.15) is 29.4 Å². The highest BCUT2D eigenvalue weighted by Gasteiger charge is 2.40. The lowest BCUT2D eigenvalue weighted by Gasteiger charge is -2.24. The third-order valence-corrected chi connectivity index (χ3v) is 7.54. The second-order valence-corrected chi connectivity index (χ2v) is 10.5. The van der Waals surface area contributed by atoms with Crippen molar-refractivity contribution in [2.24, 2.45) is 0 Å². The molecule has 218 valence electrons. The Morgan fingerprint density at radius 2 is 1.84 bits per heavy atom. The van der Waals surface area contributed by atoms with Crippen LogP contribution >= 0.6 is 0 Å². The molecule has 1 fully saturated rings. The second kappa shape index (κ2) is 11.5. The van der Waals surface area contributed by atoms with Gasteiger partial charge in [-0.2, -0.15) is 5.10 Å². The summed E-state index contributed by atoms with van der Waals surface area (Å²) in [4.78, 5) is 48.8. The number of carbonyl (C=O) groups excluding carboxylic acids is 3. The SMILES string of the molecule is CC(=O)c1cn(CC(=O)N2C[C@H](F)C[C@H]2C(=O)Nc2n[nH]c(C)c2-c2ccccc2)c2ccc(Nc3cncnc3)cc12. The van der Waals surface area contributed by atoms with Crippen molar-refractivity contribution in [3.05, 3.63) is 84.7 Å². The van der Waals surface area contributed by atoms with Crippen LogP contribution in [0.15, 0.2) is 73.4 Å². The maximum Gasteiger partial charge on any atom is 0.248 e. The van der Waals surface area contributed by atoms with Gasteiger partial charge in [0, 0.05) is 46.0 Å². The number of aromatic amines is 1. The number of aryl methyl sites for hydroxylation is 1. The Balaban J connectivity index is 1.23. The summed E-state index contributed by atoms with van der Waals surface area (Å²) < 4.78 is 16.4. The number of hydrogen-bond donors (Lipinski definition) is 3. The van der Waals surface area contributed by atoms with Crippen molar-refractivity contribution >= 4 is 45.7 Å². The van der Waals surface area contributed by atoms with Gasteiger partial charge in [0.25, 0.3) is 0 Å². The van der Waals surface area contributed by atoms with Crippen LogP contribution in [0.25, 0.3) is 22.0 Å². The second-order valence-electron chi connectivity index (χ2n) is 10.5. The summed E-state index contributed by atoms with van der Waals surface area (Å²) in [6, 6.07) is 13.9. The summed E-state index contributed by atoms with van der Waals surface area (Å²) in [5.74, 6) is -0.795. The third-order valence-electron chi connectivity index (χ3n) is 7.54. The molecule has 12 heteroatoms. The molecule has 5 aromatic rings. The number of benzene rings is 2. The van der Waals surface area contributed by atoms with Crippen LogP contribution in [0.4, 0.5) is 21.6 Å². The summed E-state index contributed by atoms with van der Waals surface area (Å²) in [6.07, 6.45) is 4.84. The van der Waals surface area contributed by atoms with Crippen LogP contribution in [-0.2, 0) is 16.1 Å². The molecule has 2 aromatic carbocycles. The number of alkyl halides is 1. The molecule has 4 heterocycles. The van der Waals surface area contributed by atoms with Gasteiger partial charge < -0.3 is 20.1 Å². The number of anilines is 3. The molecule has 3 aromatic heterocycles. The van der Waals surface area contributed by atoms with E-state index in [1.807, 2.05) is 49.4 Å². The Hall–Kier alpha value is -5.39. The lowest BCUT2D eigenvalue weighted by molar-refractivity contribution is -0.137. The molecule has 0 spiro atoms. The lowest BCUT2D eigenvalue weighted by Crippen LogP contribution is -2.44. The fourth-order valence-electron chi connectivity index (χ4n) is 5.54. The number of likely N-dealkylation sites (tertiary alicyclic amines) is 1. The molecule has 0 bridgehead atoms. The number of Topliss-reactive ketones (excluding diaryl/α,β-unsaturated/α-hetero) is 1. The van der Waals surface area contributed by atoms with Crippen LogP contribution in [-0.4, -0.2) is 66.0 Å². The van der Waals surface area contributed by atoms with Gasteiger partial charge in [-0.1, -0.05) is 30.3 Å².